The second-order valence-electron chi connectivity index (χ2n) is 17.4. The molecule has 4 aromatic carbocycles. The van der Waals surface area contributed by atoms with Crippen LogP contribution in [0.4, 0.5) is 21.0 Å². The third kappa shape index (κ3) is 11.6. The maximum absolute atomic E-state index is 14.1. The van der Waals surface area contributed by atoms with Crippen LogP contribution < -0.4 is 21.3 Å². The summed E-state index contributed by atoms with van der Waals surface area (Å²) in [5.41, 5.74) is 4.17. The third-order valence-corrected chi connectivity index (χ3v) is 13.0. The van der Waals surface area contributed by atoms with Crippen molar-refractivity contribution in [1.82, 2.24) is 25.0 Å². The molecule has 3 heterocycles. The molecular weight excluding hydrogens is 851 g/mol. The highest BCUT2D eigenvalue weighted by Crippen LogP contribution is 2.35. The molecule has 15 nitrogen and oxygen atoms in total. The number of aromatic nitrogens is 1. The fourth-order valence-electron chi connectivity index (χ4n) is 9.50. The van der Waals surface area contributed by atoms with Crippen molar-refractivity contribution in [2.24, 2.45) is 0 Å². The Bertz CT molecular complexity index is 2370. The van der Waals surface area contributed by atoms with Crippen LogP contribution in [0.25, 0.3) is 21.8 Å². The standard InChI is InChI=1S/C52H63N7O8/c1-4-5-6-7-8-9-10-17-30-57-43-33-37(53-47(60)41-24-18-31-58(41)49(62)45(55-51(64)66-2)35-20-13-11-14-21-35)26-28-39(43)40-29-27-38(34-44(40)57)54-48(61)42-25-19-32-59(42)50(63)46(56-52(65)67-3)36-22-15-12-16-23-36/h11-16,20-23,26-29,33-34,41-42,45-46H,4-10,17-19,24-25,30-32H2,1-3H3,(H,53,60)(H,54,61)(H,55,64)(H,56,65)/t41-,42-,45+,46+/m0/s1. The first-order valence-corrected chi connectivity index (χ1v) is 23.7. The van der Waals surface area contributed by atoms with E-state index in [4.69, 9.17) is 9.47 Å². The van der Waals surface area contributed by atoms with Gasteiger partial charge in [-0.15, -0.1) is 0 Å². The van der Waals surface area contributed by atoms with Crippen molar-refractivity contribution in [3.63, 3.8) is 0 Å². The Morgan fingerprint density at radius 2 is 0.985 bits per heavy atom. The summed E-state index contributed by atoms with van der Waals surface area (Å²) in [5.74, 6) is -1.42. The molecule has 2 fully saturated rings. The van der Waals surface area contributed by atoms with E-state index in [0.717, 1.165) is 41.1 Å². The minimum absolute atomic E-state index is 0.318. The topological polar surface area (TPSA) is 180 Å². The Hall–Kier alpha value is -6.90. The second-order valence-corrected chi connectivity index (χ2v) is 17.4. The first kappa shape index (κ1) is 48.0. The number of nitrogens with zero attached hydrogens (tertiary/aromatic N) is 3. The molecule has 0 aliphatic carbocycles. The Kier molecular flexibility index (Phi) is 16.5. The van der Waals surface area contributed by atoms with Crippen molar-refractivity contribution in [1.29, 1.82) is 0 Å². The molecule has 5 aromatic rings. The number of methoxy groups -OCH3 is 2. The fraction of sp³-hybridized carbons (Fsp3) is 0.423. The van der Waals surface area contributed by atoms with E-state index in [9.17, 15) is 28.8 Å². The summed E-state index contributed by atoms with van der Waals surface area (Å²) in [6.07, 6.45) is 9.96. The molecule has 2 saturated heterocycles. The van der Waals surface area contributed by atoms with Crippen LogP contribution in [0.2, 0.25) is 0 Å². The average Bonchev–Trinajstić information content (AvgIpc) is 4.12. The smallest absolute Gasteiger partial charge is 0.407 e. The molecule has 67 heavy (non-hydrogen) atoms. The van der Waals surface area contributed by atoms with Crippen LogP contribution in [0.5, 0.6) is 0 Å². The van der Waals surface area contributed by atoms with Gasteiger partial charge in [-0.1, -0.05) is 125 Å². The predicted molar refractivity (Wildman–Crippen MR) is 258 cm³/mol. The SMILES string of the molecule is CCCCCCCCCCn1c2cc(NC(=O)[C@@H]3CCCN3C(=O)[C@H](NC(=O)OC)c3ccccc3)ccc2c2ccc(NC(=O)[C@@H]3CCCN3C(=O)[C@H](NC(=O)OC)c3ccccc3)cc21. The van der Waals surface area contributed by atoms with Crippen molar-refractivity contribution in [3.8, 4) is 0 Å². The number of hydrogen-bond donors (Lipinski definition) is 4. The number of fused-ring (bicyclic) bond motifs is 3. The van der Waals surface area contributed by atoms with Gasteiger partial charge in [-0.25, -0.2) is 9.59 Å². The summed E-state index contributed by atoms with van der Waals surface area (Å²) >= 11 is 0. The number of benzene rings is 4. The first-order valence-electron chi connectivity index (χ1n) is 23.7. The zero-order valence-electron chi connectivity index (χ0n) is 38.8. The summed E-state index contributed by atoms with van der Waals surface area (Å²) in [5, 5.41) is 13.5. The monoisotopic (exact) mass is 913 g/mol. The van der Waals surface area contributed by atoms with E-state index < -0.39 is 48.2 Å². The highest BCUT2D eigenvalue weighted by atomic mass is 16.5. The lowest BCUT2D eigenvalue weighted by atomic mass is 10.0. The van der Waals surface area contributed by atoms with Gasteiger partial charge in [0.15, 0.2) is 0 Å². The average molecular weight is 914 g/mol. The fourth-order valence-corrected chi connectivity index (χ4v) is 9.50. The van der Waals surface area contributed by atoms with Gasteiger partial charge < -0.3 is 45.1 Å². The molecule has 0 spiro atoms. The van der Waals surface area contributed by atoms with Gasteiger partial charge in [-0.05, 0) is 67.5 Å². The van der Waals surface area contributed by atoms with Crippen LogP contribution in [0.3, 0.4) is 0 Å². The lowest BCUT2D eigenvalue weighted by molar-refractivity contribution is -0.138. The summed E-state index contributed by atoms with van der Waals surface area (Å²) in [7, 11) is 2.48. The molecule has 0 unspecified atom stereocenters. The van der Waals surface area contributed by atoms with E-state index in [0.29, 0.717) is 67.8 Å². The van der Waals surface area contributed by atoms with Gasteiger partial charge in [0.05, 0.1) is 25.3 Å². The van der Waals surface area contributed by atoms with Gasteiger partial charge in [0, 0.05) is 41.8 Å². The van der Waals surface area contributed by atoms with Crippen LogP contribution in [-0.2, 0) is 35.2 Å². The van der Waals surface area contributed by atoms with Crippen LogP contribution in [0.15, 0.2) is 97.1 Å². The molecule has 4 atom stereocenters. The molecule has 15 heteroatoms. The molecule has 0 saturated carbocycles. The molecular formula is C52H63N7O8. The highest BCUT2D eigenvalue weighted by Gasteiger charge is 2.40. The van der Waals surface area contributed by atoms with Crippen LogP contribution >= 0.6 is 0 Å². The molecule has 1 aromatic heterocycles. The molecule has 0 bridgehead atoms. The number of rotatable bonds is 19. The number of unbranched alkanes of at least 4 members (excludes halogenated alkanes) is 7. The molecule has 7 rings (SSSR count). The number of ether oxygens (including phenoxy) is 2. The van der Waals surface area contributed by atoms with Gasteiger partial charge in [-0.2, -0.15) is 0 Å². The highest BCUT2D eigenvalue weighted by molar-refractivity contribution is 6.11. The summed E-state index contributed by atoms with van der Waals surface area (Å²) in [4.78, 5) is 84.0. The normalized spacial score (nSPS) is 16.6. The molecule has 354 valence electrons. The van der Waals surface area contributed by atoms with Crippen molar-refractivity contribution in [2.45, 2.75) is 115 Å². The second kappa shape index (κ2) is 23.0. The number of amides is 6. The van der Waals surface area contributed by atoms with Crippen molar-refractivity contribution < 1.29 is 38.2 Å². The van der Waals surface area contributed by atoms with Gasteiger partial charge in [0.25, 0.3) is 11.8 Å². The van der Waals surface area contributed by atoms with E-state index in [2.05, 4.69) is 32.8 Å². The Balaban J connectivity index is 1.12. The number of nitrogens with one attached hydrogen (secondary N) is 4. The Morgan fingerprint density at radius 1 is 0.567 bits per heavy atom. The number of carbonyl (C=O) groups excluding carboxylic acids is 6. The predicted octanol–water partition coefficient (Wildman–Crippen LogP) is 8.99. The zero-order valence-corrected chi connectivity index (χ0v) is 38.8. The maximum Gasteiger partial charge on any atom is 0.407 e. The molecule has 6 amide bonds. The number of anilines is 2. The molecule has 4 N–H and O–H groups in total. The quantitative estimate of drug-likeness (QED) is 0.0593. The molecule has 2 aliphatic rings. The van der Waals surface area contributed by atoms with Crippen LogP contribution in [0, 0.1) is 0 Å². The number of alkyl carbamates (subject to hydrolysis) is 2. The largest absolute Gasteiger partial charge is 0.453 e. The van der Waals surface area contributed by atoms with E-state index in [1.54, 1.807) is 48.5 Å². The molecule has 2 aliphatic heterocycles. The lowest BCUT2D eigenvalue weighted by Crippen LogP contribution is -2.48. The summed E-state index contributed by atoms with van der Waals surface area (Å²) < 4.78 is 11.9. The van der Waals surface area contributed by atoms with Gasteiger partial charge in [0.2, 0.25) is 11.8 Å². The van der Waals surface area contributed by atoms with Gasteiger partial charge in [-0.3, -0.25) is 19.2 Å². The number of hydrogen-bond acceptors (Lipinski definition) is 8. The third-order valence-electron chi connectivity index (χ3n) is 13.0. The minimum Gasteiger partial charge on any atom is -0.453 e. The van der Waals surface area contributed by atoms with E-state index in [-0.39, 0.29) is 11.8 Å². The lowest BCUT2D eigenvalue weighted by Gasteiger charge is -2.28. The Morgan fingerprint density at radius 3 is 1.40 bits per heavy atom. The van der Waals surface area contributed by atoms with Crippen molar-refractivity contribution in [2.75, 3.05) is 37.9 Å². The summed E-state index contributed by atoms with van der Waals surface area (Å²) in [6.45, 7) is 3.66. The first-order chi connectivity index (χ1) is 32.6. The van der Waals surface area contributed by atoms with Crippen LogP contribution in [-0.4, -0.2) is 89.6 Å². The van der Waals surface area contributed by atoms with Gasteiger partial charge >= 0.3 is 12.2 Å². The summed E-state index contributed by atoms with van der Waals surface area (Å²) in [6, 6.07) is 25.9. The van der Waals surface area contributed by atoms with Crippen LogP contribution in [0.1, 0.15) is 107 Å². The van der Waals surface area contributed by atoms with E-state index in [1.807, 2.05) is 48.5 Å². The maximum atomic E-state index is 14.1. The Labute approximate surface area is 391 Å². The van der Waals surface area contributed by atoms with E-state index >= 15 is 0 Å². The van der Waals surface area contributed by atoms with Crippen molar-refractivity contribution in [3.05, 3.63) is 108 Å². The number of carbonyl (C=O) groups is 6. The number of aryl methyl sites for hydroxylation is 1. The minimum atomic E-state index is -1.03. The molecule has 0 radical (unpaired) electrons. The van der Waals surface area contributed by atoms with Crippen molar-refractivity contribution >= 4 is 69.0 Å². The van der Waals surface area contributed by atoms with Gasteiger partial charge in [0.1, 0.15) is 24.2 Å². The zero-order chi connectivity index (χ0) is 47.3. The number of likely N-dealkylation sites (tertiary alicyclic amines) is 2. The van der Waals surface area contributed by atoms with E-state index in [1.165, 1.54) is 56.1 Å².